The average Bonchev–Trinajstić information content (AvgIpc) is 2.27. The molecule has 1 fully saturated rings. The minimum absolute atomic E-state index is 0.111. The third-order valence-corrected chi connectivity index (χ3v) is 3.70. The van der Waals surface area contributed by atoms with E-state index in [1.54, 1.807) is 12.1 Å². The molecule has 1 aliphatic heterocycles. The third-order valence-electron chi connectivity index (χ3n) is 3.29. The first-order valence-electron chi connectivity index (χ1n) is 5.82. The highest BCUT2D eigenvalue weighted by Gasteiger charge is 2.16. The van der Waals surface area contributed by atoms with Crippen LogP contribution in [0.25, 0.3) is 0 Å². The molecule has 1 nitrogen and oxygen atoms in total. The van der Waals surface area contributed by atoms with Gasteiger partial charge in [-0.15, -0.1) is 0 Å². The van der Waals surface area contributed by atoms with Crippen molar-refractivity contribution < 1.29 is 4.39 Å². The van der Waals surface area contributed by atoms with Crippen molar-refractivity contribution in [2.24, 2.45) is 5.92 Å². The van der Waals surface area contributed by atoms with Crippen molar-refractivity contribution in [3.8, 4) is 0 Å². The SMILES string of the molecule is Cc1cc(F)c(CC2CCNCC2)cc1Cl. The van der Waals surface area contributed by atoms with Gasteiger partial charge >= 0.3 is 0 Å². The summed E-state index contributed by atoms with van der Waals surface area (Å²) in [4.78, 5) is 0. The zero-order valence-corrected chi connectivity index (χ0v) is 10.3. The van der Waals surface area contributed by atoms with E-state index in [1.165, 1.54) is 0 Å². The van der Waals surface area contributed by atoms with E-state index >= 15 is 0 Å². The Morgan fingerprint density at radius 1 is 1.38 bits per heavy atom. The van der Waals surface area contributed by atoms with Crippen molar-refractivity contribution >= 4 is 11.6 Å². The van der Waals surface area contributed by atoms with Gasteiger partial charge in [-0.2, -0.15) is 0 Å². The van der Waals surface area contributed by atoms with Gasteiger partial charge in [-0.1, -0.05) is 11.6 Å². The molecular weight excluding hydrogens is 225 g/mol. The van der Waals surface area contributed by atoms with Crippen LogP contribution in [-0.2, 0) is 6.42 Å². The van der Waals surface area contributed by atoms with E-state index in [9.17, 15) is 4.39 Å². The molecular formula is C13H17ClFN. The van der Waals surface area contributed by atoms with Crippen LogP contribution in [0.2, 0.25) is 5.02 Å². The predicted molar refractivity (Wildman–Crippen MR) is 65.4 cm³/mol. The van der Waals surface area contributed by atoms with Crippen LogP contribution < -0.4 is 5.32 Å². The van der Waals surface area contributed by atoms with Gasteiger partial charge in [0.2, 0.25) is 0 Å². The maximum atomic E-state index is 13.7. The number of benzene rings is 1. The zero-order chi connectivity index (χ0) is 11.5. The van der Waals surface area contributed by atoms with Gasteiger partial charge in [0.05, 0.1) is 0 Å². The highest BCUT2D eigenvalue weighted by Crippen LogP contribution is 2.24. The van der Waals surface area contributed by atoms with E-state index in [4.69, 9.17) is 11.6 Å². The van der Waals surface area contributed by atoms with E-state index in [0.717, 1.165) is 43.5 Å². The van der Waals surface area contributed by atoms with Crippen molar-refractivity contribution in [2.75, 3.05) is 13.1 Å². The summed E-state index contributed by atoms with van der Waals surface area (Å²) in [6.07, 6.45) is 3.07. The molecule has 0 radical (unpaired) electrons. The van der Waals surface area contributed by atoms with Crippen LogP contribution in [0.5, 0.6) is 0 Å². The molecule has 0 unspecified atom stereocenters. The van der Waals surface area contributed by atoms with Gasteiger partial charge in [-0.3, -0.25) is 0 Å². The van der Waals surface area contributed by atoms with Crippen LogP contribution in [0.3, 0.4) is 0 Å². The molecule has 1 aliphatic rings. The second-order valence-corrected chi connectivity index (χ2v) is 5.00. The Balaban J connectivity index is 2.11. The molecule has 1 N–H and O–H groups in total. The predicted octanol–water partition coefficient (Wildman–Crippen LogP) is 3.33. The first kappa shape index (κ1) is 11.9. The molecule has 0 spiro atoms. The monoisotopic (exact) mass is 241 g/mol. The van der Waals surface area contributed by atoms with Crippen molar-refractivity contribution in [3.63, 3.8) is 0 Å². The maximum absolute atomic E-state index is 13.7. The summed E-state index contributed by atoms with van der Waals surface area (Å²) >= 11 is 6.02. The fourth-order valence-electron chi connectivity index (χ4n) is 2.24. The summed E-state index contributed by atoms with van der Waals surface area (Å²) in [5.41, 5.74) is 1.58. The van der Waals surface area contributed by atoms with E-state index in [1.807, 2.05) is 6.92 Å². The maximum Gasteiger partial charge on any atom is 0.126 e. The van der Waals surface area contributed by atoms with Crippen LogP contribution in [0.1, 0.15) is 24.0 Å². The molecule has 0 saturated carbocycles. The first-order chi connectivity index (χ1) is 7.66. The Hall–Kier alpha value is -0.600. The van der Waals surface area contributed by atoms with E-state index in [0.29, 0.717) is 10.9 Å². The molecule has 0 aliphatic carbocycles. The smallest absolute Gasteiger partial charge is 0.126 e. The molecule has 88 valence electrons. The van der Waals surface area contributed by atoms with Crippen molar-refractivity contribution in [1.82, 2.24) is 5.32 Å². The Kier molecular flexibility index (Phi) is 3.82. The summed E-state index contributed by atoms with van der Waals surface area (Å²) in [6, 6.07) is 3.33. The van der Waals surface area contributed by atoms with Crippen LogP contribution in [0, 0.1) is 18.7 Å². The summed E-state index contributed by atoms with van der Waals surface area (Å²) in [7, 11) is 0. The lowest BCUT2D eigenvalue weighted by Gasteiger charge is -2.22. The zero-order valence-electron chi connectivity index (χ0n) is 9.52. The van der Waals surface area contributed by atoms with Gasteiger partial charge in [0.25, 0.3) is 0 Å². The van der Waals surface area contributed by atoms with Crippen molar-refractivity contribution in [2.45, 2.75) is 26.2 Å². The van der Waals surface area contributed by atoms with Crippen LogP contribution in [-0.4, -0.2) is 13.1 Å². The van der Waals surface area contributed by atoms with Gasteiger partial charge in [0.15, 0.2) is 0 Å². The Morgan fingerprint density at radius 3 is 2.75 bits per heavy atom. The standard InChI is InChI=1S/C13H17ClFN/c1-9-6-13(15)11(8-12(9)14)7-10-2-4-16-5-3-10/h6,8,10,16H,2-5,7H2,1H3. The molecule has 16 heavy (non-hydrogen) atoms. The number of piperidine rings is 1. The fourth-order valence-corrected chi connectivity index (χ4v) is 2.43. The Bertz CT molecular complexity index is 372. The largest absolute Gasteiger partial charge is 0.317 e. The van der Waals surface area contributed by atoms with Crippen LogP contribution in [0.15, 0.2) is 12.1 Å². The second kappa shape index (κ2) is 5.15. The van der Waals surface area contributed by atoms with Crippen LogP contribution in [0.4, 0.5) is 4.39 Å². The number of hydrogen-bond donors (Lipinski definition) is 1. The van der Waals surface area contributed by atoms with E-state index in [2.05, 4.69) is 5.32 Å². The highest BCUT2D eigenvalue weighted by molar-refractivity contribution is 6.31. The lowest BCUT2D eigenvalue weighted by atomic mass is 9.90. The number of rotatable bonds is 2. The molecule has 1 aromatic rings. The molecule has 3 heteroatoms. The molecule has 0 aromatic heterocycles. The molecule has 1 saturated heterocycles. The number of halogens is 2. The van der Waals surface area contributed by atoms with E-state index in [-0.39, 0.29) is 5.82 Å². The third kappa shape index (κ3) is 2.74. The second-order valence-electron chi connectivity index (χ2n) is 4.59. The van der Waals surface area contributed by atoms with E-state index < -0.39 is 0 Å². The Labute approximate surface area is 101 Å². The summed E-state index contributed by atoms with van der Waals surface area (Å²) in [5, 5.41) is 3.99. The summed E-state index contributed by atoms with van der Waals surface area (Å²) < 4.78 is 13.7. The normalized spacial score (nSPS) is 17.7. The van der Waals surface area contributed by atoms with Crippen LogP contribution >= 0.6 is 11.6 Å². The number of hydrogen-bond acceptors (Lipinski definition) is 1. The number of nitrogens with one attached hydrogen (secondary N) is 1. The quantitative estimate of drug-likeness (QED) is 0.838. The molecule has 2 rings (SSSR count). The molecule has 1 heterocycles. The summed E-state index contributed by atoms with van der Waals surface area (Å²) in [5.74, 6) is 0.481. The minimum Gasteiger partial charge on any atom is -0.317 e. The molecule has 0 bridgehead atoms. The van der Waals surface area contributed by atoms with Gasteiger partial charge in [0, 0.05) is 5.02 Å². The van der Waals surface area contributed by atoms with Crippen molar-refractivity contribution in [3.05, 3.63) is 34.1 Å². The molecule has 0 amide bonds. The van der Waals surface area contributed by atoms with Gasteiger partial charge in [-0.25, -0.2) is 4.39 Å². The average molecular weight is 242 g/mol. The van der Waals surface area contributed by atoms with Gasteiger partial charge in [0.1, 0.15) is 5.82 Å². The molecule has 1 aromatic carbocycles. The fraction of sp³-hybridized carbons (Fsp3) is 0.538. The van der Waals surface area contributed by atoms with Gasteiger partial charge in [-0.05, 0) is 68.5 Å². The first-order valence-corrected chi connectivity index (χ1v) is 6.20. The molecule has 0 atom stereocenters. The Morgan fingerprint density at radius 2 is 2.06 bits per heavy atom. The summed E-state index contributed by atoms with van der Waals surface area (Å²) in [6.45, 7) is 3.93. The lowest BCUT2D eigenvalue weighted by molar-refractivity contribution is 0.368. The lowest BCUT2D eigenvalue weighted by Crippen LogP contribution is -2.28. The minimum atomic E-state index is -0.111. The highest BCUT2D eigenvalue weighted by atomic mass is 35.5. The number of aryl methyl sites for hydroxylation is 1. The van der Waals surface area contributed by atoms with Crippen molar-refractivity contribution in [1.29, 1.82) is 0 Å². The topological polar surface area (TPSA) is 12.0 Å². The van der Waals surface area contributed by atoms with Gasteiger partial charge < -0.3 is 5.32 Å².